The van der Waals surface area contributed by atoms with Gasteiger partial charge in [0.25, 0.3) is 0 Å². The molecule has 3 N–H and O–H groups in total. The molecule has 2 aromatic heterocycles. The van der Waals surface area contributed by atoms with Crippen molar-refractivity contribution in [3.63, 3.8) is 0 Å². The zero-order valence-corrected chi connectivity index (χ0v) is 32.9. The van der Waals surface area contributed by atoms with Crippen molar-refractivity contribution >= 4 is 63.8 Å². The molecule has 13 nitrogen and oxygen atoms in total. The molecule has 5 aliphatic heterocycles. The molecule has 5 saturated heterocycles. The molecule has 7 heterocycles. The molecule has 1 aromatic carbocycles. The smallest absolute Gasteiger partial charge is 0.249 e. The largest absolute Gasteiger partial charge is 0.374 e. The first-order valence-electron chi connectivity index (χ1n) is 20.8. The van der Waals surface area contributed by atoms with E-state index in [1.165, 1.54) is 24.9 Å². The summed E-state index contributed by atoms with van der Waals surface area (Å²) in [6, 6.07) is 9.89. The molecule has 6 aliphatic rings. The Morgan fingerprint density at radius 2 is 1.59 bits per heavy atom. The van der Waals surface area contributed by atoms with Crippen LogP contribution in [0.25, 0.3) is 0 Å². The molecule has 1 saturated carbocycles. The number of likely N-dealkylation sites (tertiary alicyclic amines) is 1. The number of rotatable bonds is 10. The van der Waals surface area contributed by atoms with Gasteiger partial charge in [0.1, 0.15) is 11.1 Å². The first-order chi connectivity index (χ1) is 27.3. The molecule has 3 aromatic rings. The van der Waals surface area contributed by atoms with Crippen molar-refractivity contribution in [1.82, 2.24) is 25.2 Å². The number of hydrogen-bond donors (Lipinski definition) is 3. The number of amides is 3. The lowest BCUT2D eigenvalue weighted by atomic mass is 9.77. The van der Waals surface area contributed by atoms with E-state index in [1.807, 2.05) is 23.1 Å². The molecule has 0 radical (unpaired) electrons. The maximum absolute atomic E-state index is 14.1. The second kappa shape index (κ2) is 15.8. The molecule has 0 bridgehead atoms. The fourth-order valence-corrected chi connectivity index (χ4v) is 10.0. The van der Waals surface area contributed by atoms with E-state index in [9.17, 15) is 14.4 Å². The lowest BCUT2D eigenvalue weighted by molar-refractivity contribution is -0.133. The summed E-state index contributed by atoms with van der Waals surface area (Å²) in [4.78, 5) is 60.8. The Hall–Kier alpha value is -4.49. The van der Waals surface area contributed by atoms with Crippen molar-refractivity contribution in [3.8, 4) is 0 Å². The van der Waals surface area contributed by atoms with E-state index in [1.54, 1.807) is 18.6 Å². The van der Waals surface area contributed by atoms with Crippen molar-refractivity contribution in [3.05, 3.63) is 53.9 Å². The molecule has 14 heteroatoms. The van der Waals surface area contributed by atoms with Gasteiger partial charge in [0.05, 0.1) is 35.4 Å². The summed E-state index contributed by atoms with van der Waals surface area (Å²) in [5, 5.41) is 9.59. The van der Waals surface area contributed by atoms with Gasteiger partial charge >= 0.3 is 0 Å². The molecule has 3 amide bonds. The van der Waals surface area contributed by atoms with Crippen molar-refractivity contribution in [2.75, 3.05) is 77.7 Å². The van der Waals surface area contributed by atoms with E-state index < -0.39 is 0 Å². The van der Waals surface area contributed by atoms with Crippen LogP contribution in [0.15, 0.2) is 48.9 Å². The van der Waals surface area contributed by atoms with Gasteiger partial charge in [0.15, 0.2) is 5.82 Å². The minimum absolute atomic E-state index is 0.203. The average molecular weight is 781 g/mol. The van der Waals surface area contributed by atoms with Gasteiger partial charge in [-0.2, -0.15) is 4.98 Å². The second-order valence-corrected chi connectivity index (χ2v) is 17.4. The van der Waals surface area contributed by atoms with Crippen molar-refractivity contribution in [2.24, 2.45) is 23.2 Å². The summed E-state index contributed by atoms with van der Waals surface area (Å²) in [6.45, 7) is 7.69. The van der Waals surface area contributed by atoms with Gasteiger partial charge in [-0.15, -0.1) is 0 Å². The molecule has 296 valence electrons. The standard InChI is InChI=1S/C42H53ClN10O3/c43-35-25-45-41(49-38(35)52-16-1-2-30(27-52)29-3-4-29)47-32-22-34(24-44-23-32)53-21-15-42(40(53)56)13-19-50(20-14-42)26-28-11-17-51(18-12-28)33-7-5-31(6-8-33)46-36-9-10-37(54)48-39(36)55/h5-8,22-25,28-30,36,46H,1-4,9-21,26-27H2,(H,45,47,49)(H,48,54,55). The third-order valence-corrected chi connectivity index (χ3v) is 13.6. The average Bonchev–Trinajstić information content (AvgIpc) is 4.03. The Bertz CT molecular complexity index is 1930. The summed E-state index contributed by atoms with van der Waals surface area (Å²) in [5.41, 5.74) is 3.34. The number of nitrogens with zero attached hydrogens (tertiary/aromatic N) is 7. The summed E-state index contributed by atoms with van der Waals surface area (Å²) in [5.74, 6) is 3.26. The zero-order chi connectivity index (χ0) is 38.2. The van der Waals surface area contributed by atoms with Gasteiger partial charge in [-0.1, -0.05) is 11.6 Å². The van der Waals surface area contributed by atoms with E-state index in [-0.39, 0.29) is 29.2 Å². The van der Waals surface area contributed by atoms with E-state index in [2.05, 4.69) is 52.8 Å². The van der Waals surface area contributed by atoms with Crippen molar-refractivity contribution < 1.29 is 14.4 Å². The SMILES string of the molecule is O=C1CCC(Nc2ccc(N3CCC(CN4CCC5(CC4)CCN(c4cncc(Nc6ncc(Cl)c(N7CCCC(C8CC8)C7)n6)c4)C5=O)CC3)cc2)C(=O)N1. The Morgan fingerprint density at radius 3 is 2.36 bits per heavy atom. The number of pyridine rings is 1. The van der Waals surface area contributed by atoms with Crippen LogP contribution < -0.4 is 30.7 Å². The zero-order valence-electron chi connectivity index (χ0n) is 32.1. The number of benzene rings is 1. The number of aromatic nitrogens is 3. The highest BCUT2D eigenvalue weighted by molar-refractivity contribution is 6.32. The highest BCUT2D eigenvalue weighted by atomic mass is 35.5. The fraction of sp³-hybridized carbons (Fsp3) is 0.571. The van der Waals surface area contributed by atoms with Crippen LogP contribution in [-0.4, -0.2) is 96.0 Å². The van der Waals surface area contributed by atoms with Crippen LogP contribution >= 0.6 is 11.6 Å². The highest BCUT2D eigenvalue weighted by Gasteiger charge is 2.48. The summed E-state index contributed by atoms with van der Waals surface area (Å²) >= 11 is 6.62. The quantitative estimate of drug-likeness (QED) is 0.214. The Labute approximate surface area is 333 Å². The fourth-order valence-electron chi connectivity index (χ4n) is 9.80. The Morgan fingerprint density at radius 1 is 0.804 bits per heavy atom. The minimum Gasteiger partial charge on any atom is -0.374 e. The van der Waals surface area contributed by atoms with Crippen LogP contribution in [0, 0.1) is 23.2 Å². The van der Waals surface area contributed by atoms with Crippen LogP contribution in [-0.2, 0) is 14.4 Å². The maximum Gasteiger partial charge on any atom is 0.249 e. The molecule has 2 atom stereocenters. The third-order valence-electron chi connectivity index (χ3n) is 13.3. The van der Waals surface area contributed by atoms with Gasteiger partial charge in [-0.25, -0.2) is 4.98 Å². The van der Waals surface area contributed by atoms with Crippen molar-refractivity contribution in [2.45, 2.75) is 76.7 Å². The normalized spacial score (nSPS) is 24.8. The topological polar surface area (TPSA) is 139 Å². The number of piperidine rings is 4. The number of carbonyl (C=O) groups is 3. The van der Waals surface area contributed by atoms with Gasteiger partial charge in [-0.05, 0) is 125 Å². The van der Waals surface area contributed by atoms with E-state index in [0.29, 0.717) is 36.3 Å². The first-order valence-corrected chi connectivity index (χ1v) is 21.2. The molecular formula is C42H53ClN10O3. The van der Waals surface area contributed by atoms with Crippen LogP contribution in [0.1, 0.15) is 70.6 Å². The monoisotopic (exact) mass is 780 g/mol. The van der Waals surface area contributed by atoms with Gasteiger partial charge in [0, 0.05) is 57.1 Å². The minimum atomic E-state index is -0.378. The predicted molar refractivity (Wildman–Crippen MR) is 218 cm³/mol. The van der Waals surface area contributed by atoms with Crippen LogP contribution in [0.5, 0.6) is 0 Å². The van der Waals surface area contributed by atoms with E-state index in [4.69, 9.17) is 16.6 Å². The molecular weight excluding hydrogens is 728 g/mol. The molecule has 2 unspecified atom stereocenters. The summed E-state index contributed by atoms with van der Waals surface area (Å²) in [6.07, 6.45) is 16.2. The highest BCUT2D eigenvalue weighted by Crippen LogP contribution is 2.44. The maximum atomic E-state index is 14.1. The number of hydrogen-bond acceptors (Lipinski definition) is 11. The number of carbonyl (C=O) groups excluding carboxylic acids is 3. The Kier molecular flexibility index (Phi) is 10.5. The van der Waals surface area contributed by atoms with Gasteiger partial charge < -0.3 is 30.2 Å². The third kappa shape index (κ3) is 8.02. The number of nitrogens with one attached hydrogen (secondary N) is 3. The number of anilines is 6. The van der Waals surface area contributed by atoms with Crippen LogP contribution in [0.3, 0.4) is 0 Å². The Balaban J connectivity index is 0.744. The van der Waals surface area contributed by atoms with Crippen molar-refractivity contribution in [1.29, 1.82) is 0 Å². The van der Waals surface area contributed by atoms with E-state index >= 15 is 0 Å². The lowest BCUT2D eigenvalue weighted by Gasteiger charge is -2.41. The summed E-state index contributed by atoms with van der Waals surface area (Å²) < 4.78 is 0. The summed E-state index contributed by atoms with van der Waals surface area (Å²) in [7, 11) is 0. The molecule has 56 heavy (non-hydrogen) atoms. The van der Waals surface area contributed by atoms with Crippen LogP contribution in [0.4, 0.5) is 34.5 Å². The van der Waals surface area contributed by atoms with E-state index in [0.717, 1.165) is 119 Å². The lowest BCUT2D eigenvalue weighted by Crippen LogP contribution is -2.47. The van der Waals surface area contributed by atoms with Crippen LogP contribution in [0.2, 0.25) is 5.02 Å². The van der Waals surface area contributed by atoms with Gasteiger partial charge in [-0.3, -0.25) is 24.7 Å². The number of imide groups is 1. The molecule has 1 aliphatic carbocycles. The van der Waals surface area contributed by atoms with Gasteiger partial charge in [0.2, 0.25) is 23.7 Å². The molecule has 9 rings (SSSR count). The molecule has 6 fully saturated rings. The second-order valence-electron chi connectivity index (χ2n) is 17.0. The molecule has 1 spiro atoms. The number of halogens is 1. The predicted octanol–water partition coefficient (Wildman–Crippen LogP) is 5.85. The first kappa shape index (κ1) is 37.1.